The van der Waals surface area contributed by atoms with Crippen LogP contribution in [-0.2, 0) is 0 Å². The molecule has 0 radical (unpaired) electrons. The van der Waals surface area contributed by atoms with Crippen molar-refractivity contribution in [3.8, 4) is 11.4 Å². The number of nitrogens with two attached hydrogens (primary N) is 1. The standard InChI is InChI=1S/C13H15N5O2/c14-11-7-9(18(19)20)5-6-10(11)13-15-12(16-17-13)8-3-1-2-4-8/h5-8H,1-4,14H2,(H,15,16,17). The number of rotatable bonds is 3. The number of aromatic nitrogens is 3. The SMILES string of the molecule is Nc1cc([N+](=O)[O-])ccc1-c1n[nH]c(C2CCCC2)n1. The molecule has 0 bridgehead atoms. The van der Waals surface area contributed by atoms with E-state index >= 15 is 0 Å². The van der Waals surface area contributed by atoms with Gasteiger partial charge in [-0.15, -0.1) is 0 Å². The summed E-state index contributed by atoms with van der Waals surface area (Å²) in [5.74, 6) is 1.82. The van der Waals surface area contributed by atoms with E-state index in [-0.39, 0.29) is 5.69 Å². The monoisotopic (exact) mass is 273 g/mol. The minimum atomic E-state index is -0.470. The van der Waals surface area contributed by atoms with E-state index in [0.29, 0.717) is 23.0 Å². The van der Waals surface area contributed by atoms with E-state index in [4.69, 9.17) is 5.73 Å². The number of aromatic amines is 1. The van der Waals surface area contributed by atoms with Crippen LogP contribution >= 0.6 is 0 Å². The maximum absolute atomic E-state index is 10.7. The van der Waals surface area contributed by atoms with E-state index in [9.17, 15) is 10.1 Å². The van der Waals surface area contributed by atoms with Crippen LogP contribution in [0.3, 0.4) is 0 Å². The fraction of sp³-hybridized carbons (Fsp3) is 0.385. The van der Waals surface area contributed by atoms with Crippen molar-refractivity contribution < 1.29 is 4.92 Å². The van der Waals surface area contributed by atoms with Gasteiger partial charge in [-0.3, -0.25) is 15.2 Å². The Morgan fingerprint density at radius 1 is 1.35 bits per heavy atom. The first-order valence-corrected chi connectivity index (χ1v) is 6.62. The van der Waals surface area contributed by atoms with Gasteiger partial charge in [0.1, 0.15) is 5.82 Å². The second-order valence-electron chi connectivity index (χ2n) is 5.05. The lowest BCUT2D eigenvalue weighted by atomic mass is 10.1. The first-order valence-electron chi connectivity index (χ1n) is 6.62. The van der Waals surface area contributed by atoms with Gasteiger partial charge in [-0.2, -0.15) is 5.10 Å². The second kappa shape index (κ2) is 4.92. The number of anilines is 1. The lowest BCUT2D eigenvalue weighted by Gasteiger charge is -2.03. The molecule has 0 unspecified atom stereocenters. The van der Waals surface area contributed by atoms with E-state index in [2.05, 4.69) is 15.2 Å². The Balaban J connectivity index is 1.91. The van der Waals surface area contributed by atoms with Gasteiger partial charge < -0.3 is 5.73 Å². The Kier molecular flexibility index (Phi) is 3.09. The Labute approximate surface area is 115 Å². The molecule has 7 heteroatoms. The quantitative estimate of drug-likeness (QED) is 0.507. The zero-order valence-electron chi connectivity index (χ0n) is 10.9. The van der Waals surface area contributed by atoms with Gasteiger partial charge in [-0.1, -0.05) is 12.8 Å². The summed E-state index contributed by atoms with van der Waals surface area (Å²) in [7, 11) is 0. The molecule has 1 aromatic heterocycles. The molecule has 0 aliphatic heterocycles. The van der Waals surface area contributed by atoms with E-state index < -0.39 is 4.92 Å². The van der Waals surface area contributed by atoms with Gasteiger partial charge in [0.05, 0.1) is 4.92 Å². The van der Waals surface area contributed by atoms with Gasteiger partial charge in [0.2, 0.25) is 0 Å². The van der Waals surface area contributed by atoms with Crippen molar-refractivity contribution in [2.24, 2.45) is 0 Å². The molecule has 2 aromatic rings. The highest BCUT2D eigenvalue weighted by Crippen LogP contribution is 2.33. The van der Waals surface area contributed by atoms with E-state index in [1.807, 2.05) is 0 Å². The minimum Gasteiger partial charge on any atom is -0.398 e. The molecule has 7 nitrogen and oxygen atoms in total. The van der Waals surface area contributed by atoms with Crippen LogP contribution in [0.2, 0.25) is 0 Å². The van der Waals surface area contributed by atoms with Gasteiger partial charge >= 0.3 is 0 Å². The number of nitrogens with zero attached hydrogens (tertiary/aromatic N) is 3. The Hall–Kier alpha value is -2.44. The molecule has 20 heavy (non-hydrogen) atoms. The number of hydrogen-bond acceptors (Lipinski definition) is 5. The third kappa shape index (κ3) is 2.22. The summed E-state index contributed by atoms with van der Waals surface area (Å²) in [5, 5.41) is 17.8. The molecule has 1 aromatic carbocycles. The van der Waals surface area contributed by atoms with Gasteiger partial charge in [0.25, 0.3) is 5.69 Å². The van der Waals surface area contributed by atoms with Crippen molar-refractivity contribution in [3.05, 3.63) is 34.1 Å². The van der Waals surface area contributed by atoms with Crippen molar-refractivity contribution in [1.82, 2.24) is 15.2 Å². The average molecular weight is 273 g/mol. The molecule has 104 valence electrons. The van der Waals surface area contributed by atoms with Crippen molar-refractivity contribution in [2.75, 3.05) is 5.73 Å². The maximum Gasteiger partial charge on any atom is 0.271 e. The van der Waals surface area contributed by atoms with Gasteiger partial charge in [0.15, 0.2) is 5.82 Å². The predicted octanol–water partition coefficient (Wildman–Crippen LogP) is 2.62. The first kappa shape index (κ1) is 12.6. The molecule has 3 N–H and O–H groups in total. The summed E-state index contributed by atoms with van der Waals surface area (Å²) in [4.78, 5) is 14.7. The van der Waals surface area contributed by atoms with Gasteiger partial charge in [-0.25, -0.2) is 4.98 Å². The molecule has 3 rings (SSSR count). The van der Waals surface area contributed by atoms with Crippen LogP contribution < -0.4 is 5.73 Å². The third-order valence-electron chi connectivity index (χ3n) is 3.73. The number of nitrogens with one attached hydrogen (secondary N) is 1. The molecule has 1 aliphatic rings. The summed E-state index contributed by atoms with van der Waals surface area (Å²) in [6, 6.07) is 4.34. The number of benzene rings is 1. The van der Waals surface area contributed by atoms with Crippen LogP contribution in [0.15, 0.2) is 18.2 Å². The number of nitrogen functional groups attached to an aromatic ring is 1. The van der Waals surface area contributed by atoms with Crippen LogP contribution in [-0.4, -0.2) is 20.1 Å². The summed E-state index contributed by atoms with van der Waals surface area (Å²) in [6.45, 7) is 0. The summed E-state index contributed by atoms with van der Waals surface area (Å²) in [5.41, 5.74) is 6.76. The highest BCUT2D eigenvalue weighted by atomic mass is 16.6. The predicted molar refractivity (Wildman–Crippen MR) is 74.1 cm³/mol. The fourth-order valence-electron chi connectivity index (χ4n) is 2.64. The number of H-pyrrole nitrogens is 1. The van der Waals surface area contributed by atoms with Gasteiger partial charge in [0, 0.05) is 29.3 Å². The Morgan fingerprint density at radius 2 is 2.10 bits per heavy atom. The average Bonchev–Trinajstić information content (AvgIpc) is 3.09. The molecule has 1 fully saturated rings. The molecular weight excluding hydrogens is 258 g/mol. The van der Waals surface area contributed by atoms with E-state index in [1.54, 1.807) is 6.07 Å². The topological polar surface area (TPSA) is 111 Å². The van der Waals surface area contributed by atoms with Gasteiger partial charge in [-0.05, 0) is 18.9 Å². The number of nitro benzene ring substituents is 1. The molecule has 0 atom stereocenters. The molecule has 0 amide bonds. The summed E-state index contributed by atoms with van der Waals surface area (Å²) >= 11 is 0. The number of non-ortho nitro benzene ring substituents is 1. The second-order valence-corrected chi connectivity index (χ2v) is 5.05. The zero-order valence-corrected chi connectivity index (χ0v) is 10.9. The zero-order chi connectivity index (χ0) is 14.1. The highest BCUT2D eigenvalue weighted by molar-refractivity contribution is 5.73. The normalized spacial score (nSPS) is 15.6. The van der Waals surface area contributed by atoms with Crippen LogP contribution in [0, 0.1) is 10.1 Å². The number of nitro groups is 1. The smallest absolute Gasteiger partial charge is 0.271 e. The molecule has 0 saturated heterocycles. The van der Waals surface area contributed by atoms with Crippen LogP contribution in [0.1, 0.15) is 37.4 Å². The van der Waals surface area contributed by atoms with Crippen molar-refractivity contribution in [2.45, 2.75) is 31.6 Å². The molecule has 1 saturated carbocycles. The molecule has 0 spiro atoms. The lowest BCUT2D eigenvalue weighted by molar-refractivity contribution is -0.384. The minimum absolute atomic E-state index is 0.0298. The third-order valence-corrected chi connectivity index (χ3v) is 3.73. The number of hydrogen-bond donors (Lipinski definition) is 2. The summed E-state index contributed by atoms with van der Waals surface area (Å²) in [6.07, 6.45) is 4.70. The van der Waals surface area contributed by atoms with E-state index in [0.717, 1.165) is 18.7 Å². The van der Waals surface area contributed by atoms with Crippen molar-refractivity contribution >= 4 is 11.4 Å². The largest absolute Gasteiger partial charge is 0.398 e. The van der Waals surface area contributed by atoms with Crippen LogP contribution in [0.4, 0.5) is 11.4 Å². The fourth-order valence-corrected chi connectivity index (χ4v) is 2.64. The van der Waals surface area contributed by atoms with Crippen molar-refractivity contribution in [1.29, 1.82) is 0 Å². The van der Waals surface area contributed by atoms with Crippen LogP contribution in [0.25, 0.3) is 11.4 Å². The summed E-state index contributed by atoms with van der Waals surface area (Å²) < 4.78 is 0. The Bertz CT molecular complexity index is 646. The highest BCUT2D eigenvalue weighted by Gasteiger charge is 2.21. The Morgan fingerprint density at radius 3 is 2.75 bits per heavy atom. The van der Waals surface area contributed by atoms with E-state index in [1.165, 1.54) is 25.0 Å². The first-order chi connectivity index (χ1) is 9.65. The maximum atomic E-state index is 10.7. The molecule has 1 heterocycles. The molecular formula is C13H15N5O2. The van der Waals surface area contributed by atoms with Crippen molar-refractivity contribution in [3.63, 3.8) is 0 Å². The lowest BCUT2D eigenvalue weighted by Crippen LogP contribution is -1.96. The molecule has 1 aliphatic carbocycles. The van der Waals surface area contributed by atoms with Crippen LogP contribution in [0.5, 0.6) is 0 Å².